The molecule has 2 aromatic heterocycles. The predicted octanol–water partition coefficient (Wildman–Crippen LogP) is 3.34. The van der Waals surface area contributed by atoms with Crippen molar-refractivity contribution in [2.24, 2.45) is 7.05 Å². The molecule has 11 heteroatoms. The Kier molecular flexibility index (Phi) is 6.52. The molecule has 1 aromatic carbocycles. The smallest absolute Gasteiger partial charge is 0.416 e. The minimum absolute atomic E-state index is 0.0624. The van der Waals surface area contributed by atoms with Crippen molar-refractivity contribution in [1.82, 2.24) is 14.3 Å². The Labute approximate surface area is 193 Å². The van der Waals surface area contributed by atoms with Gasteiger partial charge in [-0.15, -0.1) is 0 Å². The summed E-state index contributed by atoms with van der Waals surface area (Å²) in [6.07, 6.45) is -2.95. The number of pyridine rings is 1. The van der Waals surface area contributed by atoms with Crippen LogP contribution in [0.25, 0.3) is 11.0 Å². The monoisotopic (exact) mass is 475 g/mol. The van der Waals surface area contributed by atoms with E-state index in [-0.39, 0.29) is 24.3 Å². The number of alkyl halides is 3. The lowest BCUT2D eigenvalue weighted by Crippen LogP contribution is -2.50. The number of aromatic nitrogens is 3. The lowest BCUT2D eigenvalue weighted by molar-refractivity contribution is -0.137. The van der Waals surface area contributed by atoms with E-state index in [9.17, 15) is 18.0 Å². The van der Waals surface area contributed by atoms with E-state index in [0.29, 0.717) is 48.6 Å². The molecule has 8 nitrogen and oxygen atoms in total. The first-order valence-electron chi connectivity index (χ1n) is 10.9. The Morgan fingerprint density at radius 1 is 1.24 bits per heavy atom. The Morgan fingerprint density at radius 3 is 2.62 bits per heavy atom. The first kappa shape index (κ1) is 23.6. The van der Waals surface area contributed by atoms with Gasteiger partial charge in [-0.05, 0) is 31.2 Å². The van der Waals surface area contributed by atoms with Crippen LogP contribution in [0, 0.1) is 11.3 Å². The highest BCUT2D eigenvalue weighted by Gasteiger charge is 2.34. The van der Waals surface area contributed by atoms with Crippen molar-refractivity contribution in [1.29, 1.82) is 5.26 Å². The van der Waals surface area contributed by atoms with Gasteiger partial charge >= 0.3 is 6.18 Å². The van der Waals surface area contributed by atoms with Crippen LogP contribution in [0.2, 0.25) is 0 Å². The molecule has 0 N–H and O–H groups in total. The summed E-state index contributed by atoms with van der Waals surface area (Å²) in [5, 5.41) is 13.5. The van der Waals surface area contributed by atoms with Gasteiger partial charge in [-0.25, -0.2) is 0 Å². The molecule has 0 bridgehead atoms. The molecular formula is C23H24F3N5O3. The number of piperidine rings is 1. The van der Waals surface area contributed by atoms with Gasteiger partial charge in [0.2, 0.25) is 0 Å². The third-order valence-corrected chi connectivity index (χ3v) is 5.86. The average Bonchev–Trinajstić information content (AvgIpc) is 3.22. The molecule has 1 aliphatic heterocycles. The number of fused-ring (bicyclic) bond motifs is 1. The summed E-state index contributed by atoms with van der Waals surface area (Å²) in [5.41, 5.74) is 0.938. The molecule has 4 rings (SSSR count). The zero-order valence-corrected chi connectivity index (χ0v) is 18.7. The second kappa shape index (κ2) is 9.38. The van der Waals surface area contributed by atoms with Crippen molar-refractivity contribution in [3.05, 3.63) is 52.4 Å². The molecule has 1 fully saturated rings. The Hall–Kier alpha value is -3.52. The number of rotatable bonds is 6. The summed E-state index contributed by atoms with van der Waals surface area (Å²) in [6, 6.07) is 8.17. The molecule has 0 spiro atoms. The lowest BCUT2D eigenvalue weighted by atomic mass is 10.0. The van der Waals surface area contributed by atoms with Crippen molar-refractivity contribution in [2.45, 2.75) is 38.3 Å². The summed E-state index contributed by atoms with van der Waals surface area (Å²) in [4.78, 5) is 14.6. The number of aryl methyl sites for hydroxylation is 1. The largest absolute Gasteiger partial charge is 0.488 e. The van der Waals surface area contributed by atoms with Gasteiger partial charge in [0.1, 0.15) is 30.0 Å². The molecule has 34 heavy (non-hydrogen) atoms. The molecule has 0 aliphatic carbocycles. The fraction of sp³-hybridized carbons (Fsp3) is 0.435. The minimum Gasteiger partial charge on any atom is -0.488 e. The molecule has 0 saturated carbocycles. The number of halogens is 3. The fourth-order valence-electron chi connectivity index (χ4n) is 4.15. The normalized spacial score (nSPS) is 18.8. The maximum absolute atomic E-state index is 12.8. The van der Waals surface area contributed by atoms with Gasteiger partial charge in [0.15, 0.2) is 0 Å². The van der Waals surface area contributed by atoms with Crippen LogP contribution in [0.15, 0.2) is 41.3 Å². The van der Waals surface area contributed by atoms with E-state index in [1.807, 2.05) is 17.9 Å². The zero-order chi connectivity index (χ0) is 24.5. The van der Waals surface area contributed by atoms with Gasteiger partial charge in [0.25, 0.3) is 5.56 Å². The quantitative estimate of drug-likeness (QED) is 0.544. The molecule has 3 aromatic rings. The molecule has 0 radical (unpaired) electrons. The van der Waals surface area contributed by atoms with E-state index in [1.54, 1.807) is 13.2 Å². The number of hydrogen-bond acceptors (Lipinski definition) is 6. The summed E-state index contributed by atoms with van der Waals surface area (Å²) < 4.78 is 53.4. The Balaban J connectivity index is 1.57. The number of ether oxygens (including phenoxy) is 2. The second-order valence-electron chi connectivity index (χ2n) is 8.05. The van der Waals surface area contributed by atoms with Gasteiger partial charge in [0.05, 0.1) is 29.0 Å². The maximum atomic E-state index is 12.8. The van der Waals surface area contributed by atoms with Crippen molar-refractivity contribution in [2.75, 3.05) is 24.6 Å². The number of nitriles is 1. The molecule has 180 valence electrons. The lowest BCUT2D eigenvalue weighted by Gasteiger charge is -2.39. The summed E-state index contributed by atoms with van der Waals surface area (Å²) >= 11 is 0. The fourth-order valence-corrected chi connectivity index (χ4v) is 4.15. The van der Waals surface area contributed by atoms with E-state index in [0.717, 1.165) is 12.1 Å². The molecule has 3 heterocycles. The van der Waals surface area contributed by atoms with Gasteiger partial charge in [-0.2, -0.15) is 23.5 Å². The van der Waals surface area contributed by atoms with Gasteiger partial charge in [-0.1, -0.05) is 0 Å². The van der Waals surface area contributed by atoms with E-state index < -0.39 is 11.7 Å². The third kappa shape index (κ3) is 4.72. The van der Waals surface area contributed by atoms with Crippen LogP contribution in [-0.2, 0) is 24.5 Å². The van der Waals surface area contributed by atoms with Crippen molar-refractivity contribution in [3.63, 3.8) is 0 Å². The Bertz CT molecular complexity index is 1260. The van der Waals surface area contributed by atoms with Crippen LogP contribution in [0.4, 0.5) is 18.9 Å². The highest BCUT2D eigenvalue weighted by molar-refractivity contribution is 5.88. The van der Waals surface area contributed by atoms with E-state index >= 15 is 0 Å². The molecule has 0 unspecified atom stereocenters. The number of hydrogen-bond donors (Lipinski definition) is 0. The first-order valence-corrected chi connectivity index (χ1v) is 10.9. The number of nitrogens with zero attached hydrogens (tertiary/aromatic N) is 5. The van der Waals surface area contributed by atoms with Crippen molar-refractivity contribution < 1.29 is 22.6 Å². The second-order valence-corrected chi connectivity index (χ2v) is 8.05. The van der Waals surface area contributed by atoms with Crippen LogP contribution < -0.4 is 15.2 Å². The standard InChI is InChI=1S/C23H24F3N5O3/c1-3-33-20-14-30(10-8-19(20)34-16-6-4-15(5-7-16)23(24,25)26)17-12-21(32)29(2)18-13-31(11-9-27)28-22(17)18/h4-7,12-13,19-20H,3,8,10-11,14H2,1-2H3/t19-,20-/m0/s1. The third-order valence-electron chi connectivity index (χ3n) is 5.86. The van der Waals surface area contributed by atoms with Crippen molar-refractivity contribution >= 4 is 16.7 Å². The van der Waals surface area contributed by atoms with Gasteiger partial charge in [0, 0.05) is 39.2 Å². The van der Waals surface area contributed by atoms with Gasteiger partial charge in [-0.3, -0.25) is 9.48 Å². The summed E-state index contributed by atoms with van der Waals surface area (Å²) in [5.74, 6) is 0.336. The van der Waals surface area contributed by atoms with Crippen LogP contribution in [0.1, 0.15) is 18.9 Å². The topological polar surface area (TPSA) is 85.3 Å². The van der Waals surface area contributed by atoms with Crippen LogP contribution >= 0.6 is 0 Å². The number of benzene rings is 1. The maximum Gasteiger partial charge on any atom is 0.416 e. The number of anilines is 1. The van der Waals surface area contributed by atoms with Gasteiger partial charge < -0.3 is 18.9 Å². The average molecular weight is 475 g/mol. The van der Waals surface area contributed by atoms with Crippen LogP contribution in [0.5, 0.6) is 5.75 Å². The molecule has 2 atom stereocenters. The highest BCUT2D eigenvalue weighted by Crippen LogP contribution is 2.32. The van der Waals surface area contributed by atoms with Crippen LogP contribution in [0.3, 0.4) is 0 Å². The molecule has 0 amide bonds. The first-order chi connectivity index (χ1) is 16.2. The summed E-state index contributed by atoms with van der Waals surface area (Å²) in [7, 11) is 1.65. The molecule has 1 aliphatic rings. The van der Waals surface area contributed by atoms with E-state index in [2.05, 4.69) is 5.10 Å². The molecular weight excluding hydrogens is 451 g/mol. The van der Waals surface area contributed by atoms with Crippen molar-refractivity contribution in [3.8, 4) is 11.8 Å². The van der Waals surface area contributed by atoms with E-state index in [4.69, 9.17) is 14.7 Å². The molecule has 1 saturated heterocycles. The predicted molar refractivity (Wildman–Crippen MR) is 119 cm³/mol. The Morgan fingerprint density at radius 2 is 1.97 bits per heavy atom. The minimum atomic E-state index is -4.41. The van der Waals surface area contributed by atoms with Crippen LogP contribution in [-0.4, -0.2) is 46.3 Å². The SMILES string of the molecule is CCO[C@H]1CN(c2cc(=O)n(C)c3cn(CC#N)nc23)CC[C@@H]1Oc1ccc(C(F)(F)F)cc1. The van der Waals surface area contributed by atoms with E-state index in [1.165, 1.54) is 27.4 Å². The zero-order valence-electron chi connectivity index (χ0n) is 18.7. The summed E-state index contributed by atoms with van der Waals surface area (Å²) in [6.45, 7) is 3.28. The highest BCUT2D eigenvalue weighted by atomic mass is 19.4.